The van der Waals surface area contributed by atoms with Crippen LogP contribution in [0.3, 0.4) is 0 Å². The van der Waals surface area contributed by atoms with E-state index in [4.69, 9.17) is 0 Å². The number of carbonyl (C=O) groups is 1. The fraction of sp³-hybridized carbons (Fsp3) is 0.562. The van der Waals surface area contributed by atoms with Gasteiger partial charge in [-0.05, 0) is 24.3 Å². The van der Waals surface area contributed by atoms with E-state index in [1.165, 1.54) is 5.56 Å². The number of amides is 1. The monoisotopic (exact) mass is 315 g/mol. The Hall–Kier alpha value is -1.56. The van der Waals surface area contributed by atoms with Crippen LogP contribution in [0.5, 0.6) is 0 Å². The molecule has 1 amide bonds. The predicted molar refractivity (Wildman–Crippen MR) is 76.5 cm³/mol. The minimum atomic E-state index is -4.34. The Morgan fingerprint density at radius 2 is 1.82 bits per heavy atom. The minimum absolute atomic E-state index is 0.00604. The number of ether oxygens (including phenoxy) is 1. The van der Waals surface area contributed by atoms with Crippen LogP contribution < -0.4 is 0 Å². The van der Waals surface area contributed by atoms with Crippen LogP contribution in [0.25, 0.3) is 0 Å². The van der Waals surface area contributed by atoms with Crippen molar-refractivity contribution in [3.8, 4) is 0 Å². The topological polar surface area (TPSA) is 29.5 Å². The van der Waals surface area contributed by atoms with Crippen LogP contribution in [0.4, 0.5) is 13.2 Å². The van der Waals surface area contributed by atoms with E-state index in [0.717, 1.165) is 12.8 Å². The highest BCUT2D eigenvalue weighted by molar-refractivity contribution is 5.76. The van der Waals surface area contributed by atoms with Crippen LogP contribution in [0.2, 0.25) is 0 Å². The first-order valence-corrected chi connectivity index (χ1v) is 7.43. The van der Waals surface area contributed by atoms with Crippen LogP contribution in [0, 0.1) is 0 Å². The molecule has 0 atom stereocenters. The molecule has 6 heteroatoms. The van der Waals surface area contributed by atoms with Crippen molar-refractivity contribution < 1.29 is 22.7 Å². The lowest BCUT2D eigenvalue weighted by molar-refractivity contribution is -0.175. The molecule has 0 N–H and O–H groups in total. The number of hydrogen-bond acceptors (Lipinski definition) is 2. The van der Waals surface area contributed by atoms with Crippen molar-refractivity contribution in [1.82, 2.24) is 4.90 Å². The van der Waals surface area contributed by atoms with E-state index in [9.17, 15) is 18.0 Å². The number of likely N-dealkylation sites (tertiary alicyclic amines) is 1. The maximum Gasteiger partial charge on any atom is 0.411 e. The first-order valence-electron chi connectivity index (χ1n) is 7.43. The van der Waals surface area contributed by atoms with Gasteiger partial charge >= 0.3 is 6.18 Å². The second-order valence-electron chi connectivity index (χ2n) is 5.48. The number of rotatable bonds is 5. The number of hydrogen-bond donors (Lipinski definition) is 0. The highest BCUT2D eigenvalue weighted by Gasteiger charge is 2.28. The molecular weight excluding hydrogens is 295 g/mol. The van der Waals surface area contributed by atoms with Gasteiger partial charge in [0.25, 0.3) is 0 Å². The number of carbonyl (C=O) groups excluding carboxylic acids is 1. The first-order chi connectivity index (χ1) is 10.5. The fourth-order valence-electron chi connectivity index (χ4n) is 2.69. The Labute approximate surface area is 128 Å². The minimum Gasteiger partial charge on any atom is -0.372 e. The third-order valence-electron chi connectivity index (χ3n) is 3.84. The molecule has 1 aliphatic heterocycles. The van der Waals surface area contributed by atoms with E-state index in [2.05, 4.69) is 16.9 Å². The molecule has 0 unspecified atom stereocenters. The smallest absolute Gasteiger partial charge is 0.372 e. The second-order valence-corrected chi connectivity index (χ2v) is 5.48. The van der Waals surface area contributed by atoms with Gasteiger partial charge in [-0.2, -0.15) is 13.2 Å². The highest BCUT2D eigenvalue weighted by atomic mass is 19.4. The zero-order valence-electron chi connectivity index (χ0n) is 12.3. The Balaban J connectivity index is 1.69. The van der Waals surface area contributed by atoms with E-state index in [-0.39, 0.29) is 18.9 Å². The molecule has 1 fully saturated rings. The molecule has 0 bridgehead atoms. The molecule has 1 saturated heterocycles. The molecule has 0 radical (unpaired) electrons. The van der Waals surface area contributed by atoms with E-state index in [0.29, 0.717) is 19.0 Å². The summed E-state index contributed by atoms with van der Waals surface area (Å²) in [7, 11) is 0. The Morgan fingerprint density at radius 3 is 2.41 bits per heavy atom. The summed E-state index contributed by atoms with van der Waals surface area (Å²) in [6.45, 7) is -0.178. The lowest BCUT2D eigenvalue weighted by Gasteiger charge is -2.32. The van der Waals surface area contributed by atoms with Crippen molar-refractivity contribution in [1.29, 1.82) is 0 Å². The highest BCUT2D eigenvalue weighted by Crippen LogP contribution is 2.27. The van der Waals surface area contributed by atoms with Gasteiger partial charge in [0.1, 0.15) is 6.61 Å². The molecule has 1 aliphatic rings. The lowest BCUT2D eigenvalue weighted by atomic mass is 9.89. The van der Waals surface area contributed by atoms with Crippen molar-refractivity contribution >= 4 is 5.91 Å². The van der Waals surface area contributed by atoms with Gasteiger partial charge in [-0.3, -0.25) is 4.79 Å². The number of alkyl halides is 3. The molecule has 0 aromatic heterocycles. The summed E-state index contributed by atoms with van der Waals surface area (Å²) in [6, 6.07) is 10.2. The van der Waals surface area contributed by atoms with Crippen molar-refractivity contribution in [3.05, 3.63) is 35.9 Å². The largest absolute Gasteiger partial charge is 0.411 e. The van der Waals surface area contributed by atoms with Crippen molar-refractivity contribution in [2.75, 3.05) is 26.3 Å². The maximum absolute atomic E-state index is 11.9. The molecule has 0 saturated carbocycles. The molecular formula is C16H20F3NO2. The quantitative estimate of drug-likeness (QED) is 0.780. The van der Waals surface area contributed by atoms with Gasteiger partial charge in [-0.25, -0.2) is 0 Å². The zero-order chi connectivity index (χ0) is 16.0. The average molecular weight is 315 g/mol. The maximum atomic E-state index is 11.9. The summed E-state index contributed by atoms with van der Waals surface area (Å²) in [5.74, 6) is 0.320. The van der Waals surface area contributed by atoms with Crippen LogP contribution >= 0.6 is 0 Å². The molecule has 122 valence electrons. The third-order valence-corrected chi connectivity index (χ3v) is 3.84. The fourth-order valence-corrected chi connectivity index (χ4v) is 2.69. The Morgan fingerprint density at radius 1 is 1.18 bits per heavy atom. The summed E-state index contributed by atoms with van der Waals surface area (Å²) in [6.07, 6.45) is -2.55. The van der Waals surface area contributed by atoms with Crippen LogP contribution in [-0.2, 0) is 9.53 Å². The van der Waals surface area contributed by atoms with Crippen molar-refractivity contribution in [2.24, 2.45) is 0 Å². The van der Waals surface area contributed by atoms with Gasteiger partial charge in [0.05, 0.1) is 13.0 Å². The number of nitrogens with zero attached hydrogens (tertiary/aromatic N) is 1. The molecule has 0 aliphatic carbocycles. The van der Waals surface area contributed by atoms with Gasteiger partial charge in [0.15, 0.2) is 0 Å². The summed E-state index contributed by atoms with van der Waals surface area (Å²) >= 11 is 0. The SMILES string of the molecule is O=C(CCOCC(F)(F)F)N1CCC(c2ccccc2)CC1. The number of halogens is 3. The summed E-state index contributed by atoms with van der Waals surface area (Å²) < 4.78 is 40.2. The van der Waals surface area contributed by atoms with Gasteiger partial charge in [0, 0.05) is 13.1 Å². The number of benzene rings is 1. The van der Waals surface area contributed by atoms with E-state index >= 15 is 0 Å². The third kappa shape index (κ3) is 5.33. The molecule has 2 rings (SSSR count). The Bertz CT molecular complexity index is 468. The van der Waals surface area contributed by atoms with Crippen LogP contribution in [0.15, 0.2) is 30.3 Å². The second kappa shape index (κ2) is 7.63. The summed E-state index contributed by atoms with van der Waals surface area (Å²) in [5, 5.41) is 0. The first kappa shape index (κ1) is 16.8. The molecule has 0 spiro atoms. The lowest BCUT2D eigenvalue weighted by Crippen LogP contribution is -2.38. The van der Waals surface area contributed by atoms with Crippen molar-refractivity contribution in [2.45, 2.75) is 31.4 Å². The molecule has 1 aromatic carbocycles. The van der Waals surface area contributed by atoms with Crippen LogP contribution in [-0.4, -0.2) is 43.3 Å². The van der Waals surface area contributed by atoms with E-state index in [1.807, 2.05) is 18.2 Å². The predicted octanol–water partition coefficient (Wildman–Crippen LogP) is 3.36. The van der Waals surface area contributed by atoms with Crippen LogP contribution in [0.1, 0.15) is 30.7 Å². The summed E-state index contributed by atoms with van der Waals surface area (Å²) in [4.78, 5) is 13.6. The summed E-state index contributed by atoms with van der Waals surface area (Å²) in [5.41, 5.74) is 1.28. The molecule has 1 heterocycles. The standard InChI is InChI=1S/C16H20F3NO2/c17-16(18,19)12-22-11-8-15(21)20-9-6-14(7-10-20)13-4-2-1-3-5-13/h1-5,14H,6-12H2. The van der Waals surface area contributed by atoms with Gasteiger partial charge < -0.3 is 9.64 Å². The van der Waals surface area contributed by atoms with Gasteiger partial charge in [-0.15, -0.1) is 0 Å². The number of piperidine rings is 1. The molecule has 22 heavy (non-hydrogen) atoms. The Kier molecular flexibility index (Phi) is 5.83. The van der Waals surface area contributed by atoms with Gasteiger partial charge in [-0.1, -0.05) is 30.3 Å². The van der Waals surface area contributed by atoms with Gasteiger partial charge in [0.2, 0.25) is 5.91 Å². The molecule has 1 aromatic rings. The van der Waals surface area contributed by atoms with E-state index in [1.54, 1.807) is 4.90 Å². The normalized spacial score (nSPS) is 16.8. The van der Waals surface area contributed by atoms with E-state index < -0.39 is 12.8 Å². The van der Waals surface area contributed by atoms with Crippen molar-refractivity contribution in [3.63, 3.8) is 0 Å². The molecule has 3 nitrogen and oxygen atoms in total. The average Bonchev–Trinajstić information content (AvgIpc) is 2.51. The zero-order valence-corrected chi connectivity index (χ0v) is 12.3.